The van der Waals surface area contributed by atoms with E-state index in [1.54, 1.807) is 0 Å². The second kappa shape index (κ2) is 5.26. The van der Waals surface area contributed by atoms with Gasteiger partial charge in [-0.1, -0.05) is 6.92 Å². The molecule has 1 rings (SSSR count). The molecule has 0 aliphatic carbocycles. The van der Waals surface area contributed by atoms with E-state index in [2.05, 4.69) is 37.9 Å². The lowest BCUT2D eigenvalue weighted by Crippen LogP contribution is -2.07. The monoisotopic (exact) mass is 337 g/mol. The highest BCUT2D eigenvalue weighted by molar-refractivity contribution is 9.13. The Hall–Kier alpha value is 0.110. The summed E-state index contributed by atoms with van der Waals surface area (Å²) >= 11 is 8.15. The number of nitriles is 1. The fourth-order valence-corrected chi connectivity index (χ4v) is 3.23. The number of rotatable bonds is 3. The zero-order chi connectivity index (χ0) is 10.7. The first-order chi connectivity index (χ1) is 6.60. The van der Waals surface area contributed by atoms with E-state index in [1.165, 1.54) is 11.3 Å². The Kier molecular flexibility index (Phi) is 4.58. The quantitative estimate of drug-likeness (QED) is 0.909. The first-order valence-electron chi connectivity index (χ1n) is 4.12. The van der Waals surface area contributed by atoms with Crippen molar-refractivity contribution in [2.75, 3.05) is 0 Å². The Bertz CT molecular complexity index is 339. The Morgan fingerprint density at radius 1 is 1.64 bits per heavy atom. The van der Waals surface area contributed by atoms with E-state index in [-0.39, 0.29) is 5.92 Å². The Morgan fingerprint density at radius 2 is 2.29 bits per heavy atom. The van der Waals surface area contributed by atoms with Gasteiger partial charge in [0.1, 0.15) is 6.10 Å². The summed E-state index contributed by atoms with van der Waals surface area (Å²) in [5.74, 6) is -0.326. The van der Waals surface area contributed by atoms with Crippen molar-refractivity contribution in [1.82, 2.24) is 0 Å². The van der Waals surface area contributed by atoms with Crippen LogP contribution in [0.25, 0.3) is 0 Å². The van der Waals surface area contributed by atoms with Crippen molar-refractivity contribution in [3.8, 4) is 6.07 Å². The summed E-state index contributed by atoms with van der Waals surface area (Å²) in [6.07, 6.45) is -0.0252. The molecule has 0 saturated carbocycles. The maximum absolute atomic E-state index is 9.86. The van der Waals surface area contributed by atoms with Crippen molar-refractivity contribution in [3.05, 3.63) is 19.2 Å². The van der Waals surface area contributed by atoms with Crippen LogP contribution in [0.1, 0.15) is 24.3 Å². The number of aliphatic hydroxyl groups is 1. The molecule has 1 heterocycles. The molecule has 0 aliphatic rings. The third-order valence-electron chi connectivity index (χ3n) is 1.94. The van der Waals surface area contributed by atoms with Crippen LogP contribution in [0.4, 0.5) is 0 Å². The average molecular weight is 339 g/mol. The van der Waals surface area contributed by atoms with Crippen LogP contribution in [0.15, 0.2) is 14.3 Å². The van der Waals surface area contributed by atoms with Crippen molar-refractivity contribution in [2.45, 2.75) is 19.4 Å². The van der Waals surface area contributed by atoms with Gasteiger partial charge in [-0.2, -0.15) is 5.26 Å². The number of aliphatic hydroxyl groups excluding tert-OH is 1. The second-order valence-corrected chi connectivity index (χ2v) is 6.12. The fourth-order valence-electron chi connectivity index (χ4n) is 1.09. The highest BCUT2D eigenvalue weighted by Crippen LogP contribution is 2.38. The first-order valence-corrected chi connectivity index (χ1v) is 6.52. The van der Waals surface area contributed by atoms with Gasteiger partial charge in [0.15, 0.2) is 0 Å². The molecule has 1 aromatic heterocycles. The van der Waals surface area contributed by atoms with Gasteiger partial charge < -0.3 is 5.11 Å². The lowest BCUT2D eigenvalue weighted by atomic mass is 10.0. The highest BCUT2D eigenvalue weighted by Gasteiger charge is 2.21. The predicted molar refractivity (Wildman–Crippen MR) is 64.1 cm³/mol. The number of nitrogens with zero attached hydrogens (tertiary/aromatic N) is 1. The smallest absolute Gasteiger partial charge is 0.104 e. The van der Waals surface area contributed by atoms with Crippen molar-refractivity contribution in [2.24, 2.45) is 5.92 Å². The molecule has 0 aromatic carbocycles. The summed E-state index contributed by atoms with van der Waals surface area (Å²) in [6.45, 7) is 1.90. The molecule has 0 spiro atoms. The van der Waals surface area contributed by atoms with Crippen LogP contribution in [-0.2, 0) is 0 Å². The molecular formula is C9H9Br2NOS. The van der Waals surface area contributed by atoms with E-state index in [9.17, 15) is 5.11 Å². The molecule has 5 heteroatoms. The fraction of sp³-hybridized carbons (Fsp3) is 0.444. The minimum atomic E-state index is -0.683. The molecule has 1 N–H and O–H groups in total. The van der Waals surface area contributed by atoms with Gasteiger partial charge in [-0.25, -0.2) is 0 Å². The minimum Gasteiger partial charge on any atom is -0.386 e. The number of hydrogen-bond acceptors (Lipinski definition) is 3. The Morgan fingerprint density at radius 3 is 2.64 bits per heavy atom. The van der Waals surface area contributed by atoms with Gasteiger partial charge in [0.2, 0.25) is 0 Å². The number of halogens is 2. The summed E-state index contributed by atoms with van der Waals surface area (Å²) in [5.41, 5.74) is 0. The molecule has 0 fully saturated rings. The van der Waals surface area contributed by atoms with Crippen LogP contribution in [0, 0.1) is 17.2 Å². The first kappa shape index (κ1) is 12.2. The van der Waals surface area contributed by atoms with Crippen LogP contribution in [-0.4, -0.2) is 5.11 Å². The van der Waals surface area contributed by atoms with Crippen molar-refractivity contribution in [1.29, 1.82) is 5.26 Å². The van der Waals surface area contributed by atoms with E-state index < -0.39 is 6.10 Å². The van der Waals surface area contributed by atoms with Crippen molar-refractivity contribution >= 4 is 43.2 Å². The zero-order valence-corrected chi connectivity index (χ0v) is 11.5. The number of hydrogen-bond donors (Lipinski definition) is 1. The van der Waals surface area contributed by atoms with Crippen LogP contribution in [0.3, 0.4) is 0 Å². The van der Waals surface area contributed by atoms with E-state index in [0.717, 1.165) is 13.1 Å². The standard InChI is InChI=1S/C9H9Br2NOS/c1-2-5(4-12)8(13)7-3-6(10)9(11)14-7/h3,5,8,13H,2H2,1H3. The Labute approximate surface area is 104 Å². The topological polar surface area (TPSA) is 44.0 Å². The molecule has 2 nitrogen and oxygen atoms in total. The summed E-state index contributed by atoms with van der Waals surface area (Å²) in [7, 11) is 0. The third-order valence-corrected chi connectivity index (χ3v) is 5.27. The van der Waals surface area contributed by atoms with Gasteiger partial charge >= 0.3 is 0 Å². The molecular weight excluding hydrogens is 330 g/mol. The maximum atomic E-state index is 9.86. The molecule has 0 amide bonds. The molecule has 0 aliphatic heterocycles. The van der Waals surface area contributed by atoms with E-state index in [0.29, 0.717) is 6.42 Å². The van der Waals surface area contributed by atoms with Gasteiger partial charge in [0, 0.05) is 9.35 Å². The lowest BCUT2D eigenvalue weighted by Gasteiger charge is -2.12. The largest absolute Gasteiger partial charge is 0.386 e. The van der Waals surface area contributed by atoms with Crippen molar-refractivity contribution in [3.63, 3.8) is 0 Å². The summed E-state index contributed by atoms with van der Waals surface area (Å²) in [6, 6.07) is 3.95. The summed E-state index contributed by atoms with van der Waals surface area (Å²) in [4.78, 5) is 0.817. The van der Waals surface area contributed by atoms with Crippen LogP contribution < -0.4 is 0 Å². The molecule has 0 saturated heterocycles. The average Bonchev–Trinajstić information content (AvgIpc) is 2.49. The van der Waals surface area contributed by atoms with Gasteiger partial charge in [-0.15, -0.1) is 11.3 Å². The lowest BCUT2D eigenvalue weighted by molar-refractivity contribution is 0.136. The van der Waals surface area contributed by atoms with Crippen LogP contribution in [0.5, 0.6) is 0 Å². The second-order valence-electron chi connectivity index (χ2n) is 2.86. The maximum Gasteiger partial charge on any atom is 0.104 e. The molecule has 2 unspecified atom stereocenters. The predicted octanol–water partition coefficient (Wildman–Crippen LogP) is 3.86. The van der Waals surface area contributed by atoms with E-state index in [1.807, 2.05) is 13.0 Å². The van der Waals surface area contributed by atoms with Crippen molar-refractivity contribution < 1.29 is 5.11 Å². The molecule has 76 valence electrons. The van der Waals surface area contributed by atoms with Gasteiger partial charge in [-0.3, -0.25) is 0 Å². The normalized spacial score (nSPS) is 14.8. The van der Waals surface area contributed by atoms with Crippen LogP contribution >= 0.6 is 43.2 Å². The SMILES string of the molecule is CCC(C#N)C(O)c1cc(Br)c(Br)s1. The number of thiophene rings is 1. The van der Waals surface area contributed by atoms with Gasteiger partial charge in [-0.05, 0) is 44.3 Å². The molecule has 2 atom stereocenters. The molecule has 0 radical (unpaired) electrons. The summed E-state index contributed by atoms with van der Waals surface area (Å²) < 4.78 is 1.86. The summed E-state index contributed by atoms with van der Waals surface area (Å²) in [5, 5.41) is 18.7. The zero-order valence-electron chi connectivity index (χ0n) is 7.50. The van der Waals surface area contributed by atoms with Gasteiger partial charge in [0.25, 0.3) is 0 Å². The van der Waals surface area contributed by atoms with E-state index in [4.69, 9.17) is 5.26 Å². The molecule has 0 bridgehead atoms. The minimum absolute atomic E-state index is 0.326. The molecule has 14 heavy (non-hydrogen) atoms. The van der Waals surface area contributed by atoms with Crippen LogP contribution in [0.2, 0.25) is 0 Å². The third kappa shape index (κ3) is 2.57. The van der Waals surface area contributed by atoms with E-state index >= 15 is 0 Å². The Balaban J connectivity index is 2.89. The molecule has 1 aromatic rings. The highest BCUT2D eigenvalue weighted by atomic mass is 79.9. The van der Waals surface area contributed by atoms with Gasteiger partial charge in [0.05, 0.1) is 15.8 Å².